The normalized spacial score (nSPS) is 21.6. The Labute approximate surface area is 137 Å². The van der Waals surface area contributed by atoms with E-state index in [2.05, 4.69) is 5.32 Å². The molecule has 1 heterocycles. The Morgan fingerprint density at radius 3 is 2.48 bits per heavy atom. The van der Waals surface area contributed by atoms with Crippen molar-refractivity contribution in [1.29, 1.82) is 0 Å². The highest BCUT2D eigenvalue weighted by Gasteiger charge is 2.51. The molecule has 1 atom stereocenters. The molecule has 126 valence electrons. The van der Waals surface area contributed by atoms with E-state index in [0.29, 0.717) is 6.42 Å². The number of ether oxygens (including phenoxy) is 1. The van der Waals surface area contributed by atoms with Crippen LogP contribution >= 0.6 is 0 Å². The Morgan fingerprint density at radius 2 is 2.00 bits per heavy atom. The van der Waals surface area contributed by atoms with Crippen molar-refractivity contribution in [2.45, 2.75) is 45.2 Å². The minimum atomic E-state index is -1.04. The van der Waals surface area contributed by atoms with Gasteiger partial charge in [-0.25, -0.2) is 4.79 Å². The quantitative estimate of drug-likeness (QED) is 0.812. The molecule has 1 fully saturated rings. The summed E-state index contributed by atoms with van der Waals surface area (Å²) < 4.78 is 5.26. The Bertz CT molecular complexity index is 636. The maximum Gasteiger partial charge on any atom is 0.325 e. The van der Waals surface area contributed by atoms with Gasteiger partial charge in [-0.15, -0.1) is 0 Å². The number of hydrogen-bond acceptors (Lipinski definition) is 4. The molecular weight excluding hydrogens is 294 g/mol. The predicted octanol–water partition coefficient (Wildman–Crippen LogP) is 1.90. The van der Waals surface area contributed by atoms with E-state index < -0.39 is 17.1 Å². The van der Waals surface area contributed by atoms with Gasteiger partial charge in [0, 0.05) is 12.1 Å². The highest BCUT2D eigenvalue weighted by atomic mass is 16.5. The summed E-state index contributed by atoms with van der Waals surface area (Å²) in [6.45, 7) is 7.55. The number of imide groups is 1. The standard InChI is InChI=1S/C17H25N3O3/c1-6-17(12-7-8-13(23-5)11(2)9-12)14(21)20(15(22)19-17)10-16(3,4)18/h7-9H,6,10,18H2,1-5H3,(H,19,22). The van der Waals surface area contributed by atoms with Crippen molar-refractivity contribution in [2.75, 3.05) is 13.7 Å². The van der Waals surface area contributed by atoms with E-state index in [0.717, 1.165) is 16.9 Å². The smallest absolute Gasteiger partial charge is 0.325 e. The molecule has 0 radical (unpaired) electrons. The number of carbonyl (C=O) groups is 2. The Morgan fingerprint density at radius 1 is 1.35 bits per heavy atom. The van der Waals surface area contributed by atoms with Crippen LogP contribution in [0.25, 0.3) is 0 Å². The average molecular weight is 319 g/mol. The van der Waals surface area contributed by atoms with Crippen LogP contribution in [0.1, 0.15) is 38.3 Å². The van der Waals surface area contributed by atoms with E-state index in [4.69, 9.17) is 10.5 Å². The van der Waals surface area contributed by atoms with E-state index in [9.17, 15) is 9.59 Å². The highest BCUT2D eigenvalue weighted by Crippen LogP contribution is 2.35. The highest BCUT2D eigenvalue weighted by molar-refractivity contribution is 6.07. The third-order valence-electron chi connectivity index (χ3n) is 4.16. The molecule has 3 N–H and O–H groups in total. The van der Waals surface area contributed by atoms with Crippen LogP contribution in [0.2, 0.25) is 0 Å². The summed E-state index contributed by atoms with van der Waals surface area (Å²) in [7, 11) is 1.60. The molecule has 0 bridgehead atoms. The number of methoxy groups -OCH3 is 1. The minimum Gasteiger partial charge on any atom is -0.496 e. The zero-order valence-electron chi connectivity index (χ0n) is 14.4. The third kappa shape index (κ3) is 3.03. The van der Waals surface area contributed by atoms with Crippen molar-refractivity contribution in [1.82, 2.24) is 10.2 Å². The molecule has 0 aromatic heterocycles. The number of urea groups is 1. The summed E-state index contributed by atoms with van der Waals surface area (Å²) in [5.41, 5.74) is 5.96. The summed E-state index contributed by atoms with van der Waals surface area (Å²) in [6, 6.07) is 5.13. The van der Waals surface area contributed by atoms with E-state index >= 15 is 0 Å². The number of carbonyl (C=O) groups excluding carboxylic acids is 2. The van der Waals surface area contributed by atoms with Crippen molar-refractivity contribution < 1.29 is 14.3 Å². The van der Waals surface area contributed by atoms with Crippen LogP contribution in [0.5, 0.6) is 5.75 Å². The SMILES string of the molecule is CCC1(c2ccc(OC)c(C)c2)NC(=O)N(CC(C)(C)N)C1=O. The lowest BCUT2D eigenvalue weighted by Gasteiger charge is -2.28. The van der Waals surface area contributed by atoms with Crippen molar-refractivity contribution in [3.63, 3.8) is 0 Å². The lowest BCUT2D eigenvalue weighted by atomic mass is 9.86. The first-order chi connectivity index (χ1) is 10.6. The second-order valence-corrected chi connectivity index (χ2v) is 6.75. The molecule has 0 aliphatic carbocycles. The van der Waals surface area contributed by atoms with Crippen molar-refractivity contribution in [3.05, 3.63) is 29.3 Å². The molecule has 0 saturated carbocycles. The molecule has 1 aromatic carbocycles. The number of amides is 3. The van der Waals surface area contributed by atoms with Gasteiger partial charge >= 0.3 is 6.03 Å². The summed E-state index contributed by atoms with van der Waals surface area (Å²) in [5, 5.41) is 2.86. The number of aryl methyl sites for hydroxylation is 1. The molecule has 0 spiro atoms. The molecule has 3 amide bonds. The molecule has 2 rings (SSSR count). The Hall–Kier alpha value is -2.08. The minimum absolute atomic E-state index is 0.175. The first kappa shape index (κ1) is 17.3. The zero-order valence-corrected chi connectivity index (χ0v) is 14.4. The first-order valence-electron chi connectivity index (χ1n) is 7.72. The summed E-state index contributed by atoms with van der Waals surface area (Å²) in [6.07, 6.45) is 0.463. The summed E-state index contributed by atoms with van der Waals surface area (Å²) >= 11 is 0. The van der Waals surface area contributed by atoms with Crippen LogP contribution in [-0.2, 0) is 10.3 Å². The molecule has 1 unspecified atom stereocenters. The van der Waals surface area contributed by atoms with Crippen LogP contribution in [0.4, 0.5) is 4.79 Å². The van der Waals surface area contributed by atoms with Gasteiger partial charge in [0.05, 0.1) is 7.11 Å². The fraction of sp³-hybridized carbons (Fsp3) is 0.529. The van der Waals surface area contributed by atoms with Crippen molar-refractivity contribution >= 4 is 11.9 Å². The Kier molecular flexibility index (Phi) is 4.39. The summed E-state index contributed by atoms with van der Waals surface area (Å²) in [5.74, 6) is 0.491. The number of rotatable bonds is 5. The van der Waals surface area contributed by atoms with Gasteiger partial charge in [0.15, 0.2) is 0 Å². The van der Waals surface area contributed by atoms with Crippen LogP contribution in [0, 0.1) is 6.92 Å². The van der Waals surface area contributed by atoms with Gasteiger partial charge < -0.3 is 15.8 Å². The monoisotopic (exact) mass is 319 g/mol. The van der Waals surface area contributed by atoms with Gasteiger partial charge in [0.2, 0.25) is 0 Å². The second kappa shape index (κ2) is 5.85. The molecule has 23 heavy (non-hydrogen) atoms. The molecule has 6 heteroatoms. The topological polar surface area (TPSA) is 84.7 Å². The van der Waals surface area contributed by atoms with Gasteiger partial charge in [0.1, 0.15) is 11.3 Å². The van der Waals surface area contributed by atoms with Gasteiger partial charge in [-0.1, -0.05) is 13.0 Å². The second-order valence-electron chi connectivity index (χ2n) is 6.75. The van der Waals surface area contributed by atoms with E-state index in [1.807, 2.05) is 32.0 Å². The molecule has 1 aliphatic rings. The maximum atomic E-state index is 13.0. The maximum absolute atomic E-state index is 13.0. The zero-order chi connectivity index (χ0) is 17.4. The number of hydrogen-bond donors (Lipinski definition) is 2. The fourth-order valence-corrected chi connectivity index (χ4v) is 2.96. The fourth-order valence-electron chi connectivity index (χ4n) is 2.96. The average Bonchev–Trinajstić information content (AvgIpc) is 2.71. The lowest BCUT2D eigenvalue weighted by Crippen LogP contribution is -2.49. The molecule has 1 aliphatic heterocycles. The number of nitrogens with zero attached hydrogens (tertiary/aromatic N) is 1. The van der Waals surface area contributed by atoms with Crippen LogP contribution in [0.15, 0.2) is 18.2 Å². The number of benzene rings is 1. The first-order valence-corrected chi connectivity index (χ1v) is 7.72. The number of nitrogens with one attached hydrogen (secondary N) is 1. The van der Waals surface area contributed by atoms with E-state index in [1.165, 1.54) is 4.90 Å². The molecule has 1 saturated heterocycles. The van der Waals surface area contributed by atoms with Crippen molar-refractivity contribution in [3.8, 4) is 5.75 Å². The lowest BCUT2D eigenvalue weighted by molar-refractivity contribution is -0.132. The molecule has 6 nitrogen and oxygen atoms in total. The Balaban J connectivity index is 2.44. The third-order valence-corrected chi connectivity index (χ3v) is 4.16. The van der Waals surface area contributed by atoms with E-state index in [1.54, 1.807) is 21.0 Å². The van der Waals surface area contributed by atoms with Crippen LogP contribution < -0.4 is 15.8 Å². The predicted molar refractivity (Wildman–Crippen MR) is 88.2 cm³/mol. The summed E-state index contributed by atoms with van der Waals surface area (Å²) in [4.78, 5) is 26.5. The van der Waals surface area contributed by atoms with Crippen molar-refractivity contribution in [2.24, 2.45) is 5.73 Å². The van der Waals surface area contributed by atoms with E-state index in [-0.39, 0.29) is 12.5 Å². The number of nitrogens with two attached hydrogens (primary N) is 1. The van der Waals surface area contributed by atoms with Crippen LogP contribution in [0.3, 0.4) is 0 Å². The molecular formula is C17H25N3O3. The van der Waals surface area contributed by atoms with Gasteiger partial charge in [0.25, 0.3) is 5.91 Å². The molecule has 1 aromatic rings. The van der Waals surface area contributed by atoms with Crippen LogP contribution in [-0.4, -0.2) is 36.0 Å². The van der Waals surface area contributed by atoms with Gasteiger partial charge in [-0.3, -0.25) is 9.69 Å². The largest absolute Gasteiger partial charge is 0.496 e. The van der Waals surface area contributed by atoms with Gasteiger partial charge in [-0.2, -0.15) is 0 Å². The van der Waals surface area contributed by atoms with Gasteiger partial charge in [-0.05, 0) is 50.5 Å².